The summed E-state index contributed by atoms with van der Waals surface area (Å²) in [5, 5.41) is 6.15. The van der Waals surface area contributed by atoms with Gasteiger partial charge in [-0.2, -0.15) is 0 Å². The second-order valence-corrected chi connectivity index (χ2v) is 5.89. The van der Waals surface area contributed by atoms with Gasteiger partial charge in [0.05, 0.1) is 18.4 Å². The van der Waals surface area contributed by atoms with E-state index in [2.05, 4.69) is 22.4 Å². The lowest BCUT2D eigenvalue weighted by Gasteiger charge is -2.01. The molecule has 0 atom stereocenters. The van der Waals surface area contributed by atoms with E-state index < -0.39 is 0 Å². The van der Waals surface area contributed by atoms with Crippen LogP contribution in [0.15, 0.2) is 65.3 Å². The Hall–Kier alpha value is -3.14. The highest BCUT2D eigenvalue weighted by molar-refractivity contribution is 6.08. The smallest absolute Gasteiger partial charge is 0.311 e. The van der Waals surface area contributed by atoms with Crippen LogP contribution in [0.5, 0.6) is 0 Å². The molecule has 0 aliphatic carbocycles. The maximum absolute atomic E-state index is 12.4. The summed E-state index contributed by atoms with van der Waals surface area (Å²) in [7, 11) is 0. The quantitative estimate of drug-likeness (QED) is 0.623. The van der Waals surface area contributed by atoms with E-state index in [1.54, 1.807) is 6.26 Å². The molecule has 0 saturated heterocycles. The van der Waals surface area contributed by atoms with E-state index in [-0.39, 0.29) is 12.3 Å². The van der Waals surface area contributed by atoms with Crippen molar-refractivity contribution in [1.82, 2.24) is 0 Å². The predicted molar refractivity (Wildman–Crippen MR) is 93.8 cm³/mol. The van der Waals surface area contributed by atoms with E-state index in [1.165, 1.54) is 0 Å². The van der Waals surface area contributed by atoms with Crippen LogP contribution in [0.2, 0.25) is 0 Å². The number of rotatable bonds is 3. The number of carbonyl (C=O) groups is 1. The van der Waals surface area contributed by atoms with Crippen LogP contribution in [0.4, 0.5) is 5.82 Å². The third-order valence-corrected chi connectivity index (χ3v) is 4.11. The number of aromatic amines is 1. The zero-order chi connectivity index (χ0) is 16.5. The summed E-state index contributed by atoms with van der Waals surface area (Å²) in [4.78, 5) is 15.5. The van der Waals surface area contributed by atoms with Crippen LogP contribution in [0.3, 0.4) is 0 Å². The average Bonchev–Trinajstić information content (AvgIpc) is 2.98. The normalized spacial score (nSPS) is 11.0. The Bertz CT molecular complexity index is 1050. The van der Waals surface area contributed by atoms with Crippen LogP contribution in [-0.2, 0) is 11.2 Å². The highest BCUT2D eigenvalue weighted by Crippen LogP contribution is 2.30. The summed E-state index contributed by atoms with van der Waals surface area (Å²) >= 11 is 0. The SMILES string of the molecule is Cc1cccc(NC(=O)Cc2coc3ccc4ccccc4c23)[nH+]1. The zero-order valence-corrected chi connectivity index (χ0v) is 13.3. The molecule has 0 spiro atoms. The largest absolute Gasteiger partial charge is 0.464 e. The molecule has 2 heterocycles. The first-order valence-electron chi connectivity index (χ1n) is 7.87. The van der Waals surface area contributed by atoms with Gasteiger partial charge in [0.1, 0.15) is 5.58 Å². The minimum Gasteiger partial charge on any atom is -0.464 e. The number of H-pyrrole nitrogens is 1. The van der Waals surface area contributed by atoms with E-state index in [1.807, 2.05) is 49.4 Å². The molecule has 0 saturated carbocycles. The van der Waals surface area contributed by atoms with Gasteiger partial charge in [-0.25, -0.2) is 15.1 Å². The molecule has 0 aliphatic heterocycles. The van der Waals surface area contributed by atoms with Gasteiger partial charge in [-0.3, -0.25) is 0 Å². The standard InChI is InChI=1S/C20H16N2O2/c1-13-5-4-8-18(21-13)22-19(23)11-15-12-24-17-10-9-14-6-2-3-7-16(14)20(15)17/h2-10,12H,11H2,1H3,(H,21,22,23)/p+1. The van der Waals surface area contributed by atoms with Crippen LogP contribution in [0.1, 0.15) is 11.3 Å². The van der Waals surface area contributed by atoms with Gasteiger partial charge in [0.25, 0.3) is 5.82 Å². The summed E-state index contributed by atoms with van der Waals surface area (Å²) in [6, 6.07) is 17.8. The minimum atomic E-state index is -0.0764. The fourth-order valence-electron chi connectivity index (χ4n) is 3.03. The van der Waals surface area contributed by atoms with Crippen LogP contribution in [-0.4, -0.2) is 5.91 Å². The minimum absolute atomic E-state index is 0.0764. The molecule has 24 heavy (non-hydrogen) atoms. The maximum atomic E-state index is 12.4. The molecule has 4 heteroatoms. The van der Waals surface area contributed by atoms with Crippen molar-refractivity contribution in [1.29, 1.82) is 0 Å². The first kappa shape index (κ1) is 14.5. The summed E-state index contributed by atoms with van der Waals surface area (Å²) in [6.45, 7) is 1.95. The van der Waals surface area contributed by atoms with Crippen LogP contribution in [0, 0.1) is 6.92 Å². The molecule has 0 fully saturated rings. The van der Waals surface area contributed by atoms with Gasteiger partial charge in [0.15, 0.2) is 0 Å². The van der Waals surface area contributed by atoms with E-state index >= 15 is 0 Å². The lowest BCUT2D eigenvalue weighted by atomic mass is 10.0. The molecule has 0 radical (unpaired) electrons. The van der Waals surface area contributed by atoms with Crippen molar-refractivity contribution in [2.75, 3.05) is 5.32 Å². The van der Waals surface area contributed by atoms with E-state index in [0.29, 0.717) is 5.82 Å². The lowest BCUT2D eigenvalue weighted by molar-refractivity contribution is -0.370. The highest BCUT2D eigenvalue weighted by atomic mass is 16.3. The van der Waals surface area contributed by atoms with Crippen LogP contribution >= 0.6 is 0 Å². The molecule has 1 amide bonds. The average molecular weight is 317 g/mol. The van der Waals surface area contributed by atoms with Gasteiger partial charge in [-0.05, 0) is 29.8 Å². The zero-order valence-electron chi connectivity index (χ0n) is 13.3. The van der Waals surface area contributed by atoms with Gasteiger partial charge in [0, 0.05) is 17.0 Å². The van der Waals surface area contributed by atoms with Gasteiger partial charge in [-0.15, -0.1) is 0 Å². The van der Waals surface area contributed by atoms with Crippen molar-refractivity contribution in [2.24, 2.45) is 0 Å². The van der Waals surface area contributed by atoms with Crippen molar-refractivity contribution in [3.8, 4) is 0 Å². The third-order valence-electron chi connectivity index (χ3n) is 4.11. The van der Waals surface area contributed by atoms with Gasteiger partial charge in [0.2, 0.25) is 0 Å². The Kier molecular flexibility index (Phi) is 3.50. The molecule has 4 aromatic rings. The highest BCUT2D eigenvalue weighted by Gasteiger charge is 2.16. The molecule has 2 aromatic carbocycles. The Morgan fingerprint density at radius 2 is 1.96 bits per heavy atom. The van der Waals surface area contributed by atoms with Gasteiger partial charge < -0.3 is 4.42 Å². The maximum Gasteiger partial charge on any atom is 0.311 e. The molecule has 4 rings (SSSR count). The number of aromatic nitrogens is 1. The van der Waals surface area contributed by atoms with Crippen molar-refractivity contribution in [3.05, 3.63) is 72.1 Å². The molecular formula is C20H17N2O2+. The van der Waals surface area contributed by atoms with Crippen molar-refractivity contribution < 1.29 is 14.2 Å². The number of anilines is 1. The van der Waals surface area contributed by atoms with Crippen LogP contribution in [0.25, 0.3) is 21.7 Å². The molecule has 2 N–H and O–H groups in total. The number of carbonyl (C=O) groups excluding carboxylic acids is 1. The number of hydrogen-bond donors (Lipinski definition) is 1. The second kappa shape index (κ2) is 5.81. The summed E-state index contributed by atoms with van der Waals surface area (Å²) < 4.78 is 5.64. The van der Waals surface area contributed by atoms with Crippen LogP contribution < -0.4 is 10.3 Å². The molecule has 2 aromatic heterocycles. The first-order chi connectivity index (χ1) is 11.7. The molecule has 4 nitrogen and oxygen atoms in total. The number of aryl methyl sites for hydroxylation is 1. The number of nitrogens with one attached hydrogen (secondary N) is 2. The number of benzene rings is 2. The number of hydrogen-bond acceptors (Lipinski definition) is 2. The van der Waals surface area contributed by atoms with Gasteiger partial charge >= 0.3 is 5.91 Å². The molecule has 0 unspecified atom stereocenters. The molecule has 0 aliphatic rings. The summed E-state index contributed by atoms with van der Waals surface area (Å²) in [6.07, 6.45) is 1.94. The van der Waals surface area contributed by atoms with E-state index in [9.17, 15) is 4.79 Å². The number of amides is 1. The third kappa shape index (κ3) is 2.63. The van der Waals surface area contributed by atoms with E-state index in [4.69, 9.17) is 4.42 Å². The lowest BCUT2D eigenvalue weighted by Crippen LogP contribution is -2.22. The first-order valence-corrected chi connectivity index (χ1v) is 7.87. The summed E-state index contributed by atoms with van der Waals surface area (Å²) in [5.41, 5.74) is 2.69. The van der Waals surface area contributed by atoms with Crippen molar-refractivity contribution in [2.45, 2.75) is 13.3 Å². The number of pyridine rings is 1. The van der Waals surface area contributed by atoms with Crippen molar-refractivity contribution >= 4 is 33.5 Å². The number of fused-ring (bicyclic) bond motifs is 3. The summed E-state index contributed by atoms with van der Waals surface area (Å²) in [5.74, 6) is 0.616. The monoisotopic (exact) mass is 317 g/mol. The predicted octanol–water partition coefficient (Wildman–Crippen LogP) is 3.89. The fourth-order valence-corrected chi connectivity index (χ4v) is 3.03. The Morgan fingerprint density at radius 3 is 2.83 bits per heavy atom. The Labute approximate surface area is 139 Å². The Morgan fingerprint density at radius 1 is 1.08 bits per heavy atom. The number of furan rings is 1. The molecule has 0 bridgehead atoms. The van der Waals surface area contributed by atoms with Crippen molar-refractivity contribution in [3.63, 3.8) is 0 Å². The molecule has 118 valence electrons. The fraction of sp³-hybridized carbons (Fsp3) is 0.100. The van der Waals surface area contributed by atoms with E-state index in [0.717, 1.165) is 33.0 Å². The molecular weight excluding hydrogens is 300 g/mol. The topological polar surface area (TPSA) is 56.4 Å². The van der Waals surface area contributed by atoms with Gasteiger partial charge in [-0.1, -0.05) is 36.4 Å². The second-order valence-electron chi connectivity index (χ2n) is 5.89. The Balaban J connectivity index is 1.67.